The van der Waals surface area contributed by atoms with Crippen LogP contribution in [-0.2, 0) is 16.4 Å². The van der Waals surface area contributed by atoms with Crippen molar-refractivity contribution in [3.63, 3.8) is 0 Å². The number of methoxy groups -OCH3 is 1. The third kappa shape index (κ3) is 3.55. The second kappa shape index (κ2) is 6.98. The molecule has 0 aliphatic heterocycles. The number of sulfonamides is 1. The molecule has 5 nitrogen and oxygen atoms in total. The molecule has 0 aliphatic rings. The van der Waals surface area contributed by atoms with Gasteiger partial charge in [0.25, 0.3) is 0 Å². The molecule has 1 heterocycles. The number of aromatic nitrogens is 1. The first-order chi connectivity index (χ1) is 11.6. The highest BCUT2D eigenvalue weighted by molar-refractivity contribution is 7.89. The van der Waals surface area contributed by atoms with Crippen LogP contribution in [0.4, 0.5) is 0 Å². The van der Waals surface area contributed by atoms with Gasteiger partial charge in [-0.25, -0.2) is 13.1 Å². The highest BCUT2D eigenvalue weighted by Crippen LogP contribution is 2.21. The summed E-state index contributed by atoms with van der Waals surface area (Å²) in [5, 5.41) is 1.47. The third-order valence-electron chi connectivity index (χ3n) is 3.80. The summed E-state index contributed by atoms with van der Waals surface area (Å²) in [5.74, 6) is 0.781. The predicted octanol–water partition coefficient (Wildman–Crippen LogP) is 2.76. The number of benzene rings is 2. The van der Waals surface area contributed by atoms with Gasteiger partial charge in [0.1, 0.15) is 5.75 Å². The van der Waals surface area contributed by atoms with Crippen molar-refractivity contribution in [1.29, 1.82) is 0 Å². The minimum Gasteiger partial charge on any atom is -0.497 e. The van der Waals surface area contributed by atoms with Gasteiger partial charge < -0.3 is 4.74 Å². The molecule has 0 amide bonds. The van der Waals surface area contributed by atoms with Crippen molar-refractivity contribution in [2.75, 3.05) is 13.7 Å². The Kier molecular flexibility index (Phi) is 4.78. The summed E-state index contributed by atoms with van der Waals surface area (Å²) in [6, 6.07) is 14.5. The van der Waals surface area contributed by atoms with Crippen LogP contribution in [0.25, 0.3) is 10.8 Å². The van der Waals surface area contributed by atoms with Crippen LogP contribution >= 0.6 is 0 Å². The topological polar surface area (TPSA) is 68.3 Å². The molecule has 6 heteroatoms. The summed E-state index contributed by atoms with van der Waals surface area (Å²) in [7, 11) is -1.96. The SMILES string of the molecule is COc1ccc(CCNS(=O)(=O)c2cccc3cnccc23)cc1. The van der Waals surface area contributed by atoms with Crippen LogP contribution in [0.1, 0.15) is 5.56 Å². The summed E-state index contributed by atoms with van der Waals surface area (Å²) in [6.07, 6.45) is 3.86. The Morgan fingerprint density at radius 2 is 1.88 bits per heavy atom. The largest absolute Gasteiger partial charge is 0.497 e. The number of nitrogens with zero attached hydrogens (tertiary/aromatic N) is 1. The molecular weight excluding hydrogens is 324 g/mol. The van der Waals surface area contributed by atoms with E-state index in [1.54, 1.807) is 37.7 Å². The number of ether oxygens (including phenoxy) is 1. The standard InChI is InChI=1S/C18H18N2O3S/c1-23-16-7-5-14(6-8-16)9-12-20-24(21,22)18-4-2-3-15-13-19-11-10-17(15)18/h2-8,10-11,13,20H,9,12H2,1H3. The van der Waals surface area contributed by atoms with Gasteiger partial charge in [-0.15, -0.1) is 0 Å². The van der Waals surface area contributed by atoms with E-state index in [9.17, 15) is 8.42 Å². The fourth-order valence-electron chi connectivity index (χ4n) is 2.53. The lowest BCUT2D eigenvalue weighted by molar-refractivity contribution is 0.414. The zero-order chi connectivity index (χ0) is 17.0. The maximum Gasteiger partial charge on any atom is 0.241 e. The summed E-state index contributed by atoms with van der Waals surface area (Å²) in [4.78, 5) is 4.30. The van der Waals surface area contributed by atoms with Gasteiger partial charge in [-0.1, -0.05) is 24.3 Å². The molecule has 0 radical (unpaired) electrons. The Hall–Kier alpha value is -2.44. The summed E-state index contributed by atoms with van der Waals surface area (Å²) in [6.45, 7) is 0.329. The average molecular weight is 342 g/mol. The van der Waals surface area contributed by atoms with E-state index in [2.05, 4.69) is 9.71 Å². The summed E-state index contributed by atoms with van der Waals surface area (Å²) >= 11 is 0. The number of fused-ring (bicyclic) bond motifs is 1. The van der Waals surface area contributed by atoms with Crippen LogP contribution in [0.15, 0.2) is 65.8 Å². The zero-order valence-electron chi connectivity index (χ0n) is 13.3. The molecule has 0 spiro atoms. The molecule has 0 bridgehead atoms. The van der Waals surface area contributed by atoms with Crippen LogP contribution in [0.2, 0.25) is 0 Å². The number of hydrogen-bond donors (Lipinski definition) is 1. The van der Waals surface area contributed by atoms with Crippen molar-refractivity contribution >= 4 is 20.8 Å². The maximum absolute atomic E-state index is 12.6. The van der Waals surface area contributed by atoms with Crippen LogP contribution < -0.4 is 9.46 Å². The second-order valence-corrected chi connectivity index (χ2v) is 7.08. The van der Waals surface area contributed by atoms with Crippen molar-refractivity contribution in [3.8, 4) is 5.75 Å². The highest BCUT2D eigenvalue weighted by Gasteiger charge is 2.16. The first-order valence-corrected chi connectivity index (χ1v) is 9.04. The minimum atomic E-state index is -3.57. The van der Waals surface area contributed by atoms with Gasteiger partial charge in [-0.05, 0) is 36.2 Å². The fraction of sp³-hybridized carbons (Fsp3) is 0.167. The zero-order valence-corrected chi connectivity index (χ0v) is 14.1. The number of nitrogens with one attached hydrogen (secondary N) is 1. The van der Waals surface area contributed by atoms with E-state index in [4.69, 9.17) is 4.74 Å². The Morgan fingerprint density at radius 1 is 1.08 bits per heavy atom. The Bertz CT molecular complexity index is 933. The first-order valence-electron chi connectivity index (χ1n) is 7.55. The van der Waals surface area contributed by atoms with Gasteiger partial charge in [0.05, 0.1) is 12.0 Å². The third-order valence-corrected chi connectivity index (χ3v) is 5.31. The van der Waals surface area contributed by atoms with E-state index in [-0.39, 0.29) is 4.90 Å². The molecule has 3 rings (SSSR count). The summed E-state index contributed by atoms with van der Waals surface area (Å²) < 4.78 is 32.9. The molecule has 24 heavy (non-hydrogen) atoms. The molecule has 0 saturated heterocycles. The van der Waals surface area contributed by atoms with E-state index in [0.717, 1.165) is 16.7 Å². The Labute approximate surface area is 141 Å². The molecule has 0 fully saturated rings. The summed E-state index contributed by atoms with van der Waals surface area (Å²) in [5.41, 5.74) is 1.04. The highest BCUT2D eigenvalue weighted by atomic mass is 32.2. The lowest BCUT2D eigenvalue weighted by atomic mass is 10.1. The van der Waals surface area contributed by atoms with Gasteiger partial charge in [0.2, 0.25) is 10.0 Å². The van der Waals surface area contributed by atoms with Crippen LogP contribution in [0, 0.1) is 0 Å². The minimum absolute atomic E-state index is 0.275. The van der Waals surface area contributed by atoms with Gasteiger partial charge >= 0.3 is 0 Å². The fourth-order valence-corrected chi connectivity index (χ4v) is 3.79. The maximum atomic E-state index is 12.6. The van der Waals surface area contributed by atoms with Gasteiger partial charge in [0, 0.05) is 29.7 Å². The van der Waals surface area contributed by atoms with Crippen LogP contribution in [0.5, 0.6) is 5.75 Å². The monoisotopic (exact) mass is 342 g/mol. The van der Waals surface area contributed by atoms with E-state index in [0.29, 0.717) is 18.4 Å². The smallest absolute Gasteiger partial charge is 0.241 e. The van der Waals surface area contributed by atoms with E-state index in [1.165, 1.54) is 0 Å². The van der Waals surface area contributed by atoms with E-state index >= 15 is 0 Å². The van der Waals surface area contributed by atoms with Gasteiger partial charge in [0.15, 0.2) is 0 Å². The van der Waals surface area contributed by atoms with Gasteiger partial charge in [-0.3, -0.25) is 4.98 Å². The van der Waals surface area contributed by atoms with Crippen LogP contribution in [0.3, 0.4) is 0 Å². The number of rotatable bonds is 6. The van der Waals surface area contributed by atoms with Gasteiger partial charge in [-0.2, -0.15) is 0 Å². The molecule has 0 aliphatic carbocycles. The number of pyridine rings is 1. The normalized spacial score (nSPS) is 11.5. The molecule has 1 N–H and O–H groups in total. The molecule has 124 valence electrons. The van der Waals surface area contributed by atoms with E-state index in [1.807, 2.05) is 30.3 Å². The quantitative estimate of drug-likeness (QED) is 0.748. The van der Waals surface area contributed by atoms with Crippen molar-refractivity contribution in [1.82, 2.24) is 9.71 Å². The predicted molar refractivity (Wildman–Crippen MR) is 93.6 cm³/mol. The lowest BCUT2D eigenvalue weighted by Crippen LogP contribution is -2.26. The lowest BCUT2D eigenvalue weighted by Gasteiger charge is -2.09. The molecule has 3 aromatic rings. The second-order valence-electron chi connectivity index (χ2n) is 5.35. The molecule has 0 saturated carbocycles. The molecule has 1 aromatic heterocycles. The first kappa shape index (κ1) is 16.4. The number of hydrogen-bond acceptors (Lipinski definition) is 4. The molecular formula is C18H18N2O3S. The Morgan fingerprint density at radius 3 is 2.62 bits per heavy atom. The molecule has 0 unspecified atom stereocenters. The van der Waals surface area contributed by atoms with E-state index < -0.39 is 10.0 Å². The molecule has 0 atom stereocenters. The average Bonchev–Trinajstić information content (AvgIpc) is 2.61. The van der Waals surface area contributed by atoms with Crippen molar-refractivity contribution in [2.24, 2.45) is 0 Å². The van der Waals surface area contributed by atoms with Crippen molar-refractivity contribution in [3.05, 3.63) is 66.5 Å². The van der Waals surface area contributed by atoms with Crippen molar-refractivity contribution < 1.29 is 13.2 Å². The van der Waals surface area contributed by atoms with Crippen LogP contribution in [-0.4, -0.2) is 27.1 Å². The Balaban J connectivity index is 1.73. The molecule has 2 aromatic carbocycles. The van der Waals surface area contributed by atoms with Crippen molar-refractivity contribution in [2.45, 2.75) is 11.3 Å².